The summed E-state index contributed by atoms with van der Waals surface area (Å²) < 4.78 is 0. The summed E-state index contributed by atoms with van der Waals surface area (Å²) in [5, 5.41) is 20.0. The van der Waals surface area contributed by atoms with E-state index in [4.69, 9.17) is 10.4 Å². The molecule has 0 rings (SSSR count). The molecule has 0 aromatic carbocycles. The van der Waals surface area contributed by atoms with Crippen molar-refractivity contribution in [1.82, 2.24) is 10.2 Å². The summed E-state index contributed by atoms with van der Waals surface area (Å²) in [6, 6.07) is 1.58. The second-order valence-electron chi connectivity index (χ2n) is 4.21. The molecule has 0 aliphatic carbocycles. The number of carbonyl (C=O) groups is 2. The average molecular weight is 241 g/mol. The summed E-state index contributed by atoms with van der Waals surface area (Å²) in [4.78, 5) is 23.9. The van der Waals surface area contributed by atoms with Crippen molar-refractivity contribution >= 4 is 12.0 Å². The Kier molecular flexibility index (Phi) is 6.03. The minimum absolute atomic E-state index is 0.0779. The summed E-state index contributed by atoms with van der Waals surface area (Å²) in [7, 11) is 1.57. The van der Waals surface area contributed by atoms with Crippen molar-refractivity contribution in [2.75, 3.05) is 20.1 Å². The van der Waals surface area contributed by atoms with Crippen molar-refractivity contribution in [3.05, 3.63) is 0 Å². The highest BCUT2D eigenvalue weighted by Gasteiger charge is 2.31. The fourth-order valence-electron chi connectivity index (χ4n) is 1.08. The zero-order valence-corrected chi connectivity index (χ0v) is 10.5. The average Bonchev–Trinajstić information content (AvgIpc) is 2.31. The van der Waals surface area contributed by atoms with Gasteiger partial charge in [0.05, 0.1) is 17.9 Å². The van der Waals surface area contributed by atoms with Gasteiger partial charge in [-0.1, -0.05) is 6.92 Å². The molecule has 0 aromatic heterocycles. The Morgan fingerprint density at radius 2 is 2.12 bits per heavy atom. The summed E-state index contributed by atoms with van der Waals surface area (Å²) in [5.74, 6) is -0.931. The second kappa shape index (κ2) is 6.74. The molecule has 17 heavy (non-hydrogen) atoms. The smallest absolute Gasteiger partial charge is 0.317 e. The van der Waals surface area contributed by atoms with Crippen LogP contribution in [0.1, 0.15) is 26.7 Å². The third-order valence-electron chi connectivity index (χ3n) is 2.83. The van der Waals surface area contributed by atoms with Crippen LogP contribution in [-0.2, 0) is 4.79 Å². The van der Waals surface area contributed by atoms with E-state index in [0.717, 1.165) is 0 Å². The Bertz CT molecular complexity index is 324. The normalized spacial score (nSPS) is 13.3. The number of nitrogens with zero attached hydrogens (tertiary/aromatic N) is 2. The van der Waals surface area contributed by atoms with Crippen LogP contribution in [0.15, 0.2) is 0 Å². The van der Waals surface area contributed by atoms with Crippen LogP contribution in [0.3, 0.4) is 0 Å². The van der Waals surface area contributed by atoms with Crippen molar-refractivity contribution in [2.24, 2.45) is 5.41 Å². The third kappa shape index (κ3) is 4.72. The van der Waals surface area contributed by atoms with Crippen LogP contribution in [0.5, 0.6) is 0 Å². The Morgan fingerprint density at radius 3 is 2.53 bits per heavy atom. The highest BCUT2D eigenvalue weighted by Crippen LogP contribution is 2.19. The molecule has 0 heterocycles. The molecule has 2 amide bonds. The Morgan fingerprint density at radius 1 is 1.53 bits per heavy atom. The number of aliphatic carboxylic acids is 1. The van der Waals surface area contributed by atoms with E-state index in [9.17, 15) is 9.59 Å². The molecule has 2 N–H and O–H groups in total. The van der Waals surface area contributed by atoms with Crippen molar-refractivity contribution in [3.63, 3.8) is 0 Å². The number of amides is 2. The Balaban J connectivity index is 4.23. The van der Waals surface area contributed by atoms with E-state index in [1.165, 1.54) is 4.90 Å². The number of hydrogen-bond acceptors (Lipinski definition) is 3. The molecule has 1 atom stereocenters. The molecule has 1 unspecified atom stereocenters. The molecule has 0 saturated carbocycles. The monoisotopic (exact) mass is 241 g/mol. The maximum atomic E-state index is 11.5. The molecule has 96 valence electrons. The van der Waals surface area contributed by atoms with Gasteiger partial charge in [-0.15, -0.1) is 0 Å². The van der Waals surface area contributed by atoms with Gasteiger partial charge in [-0.3, -0.25) is 4.79 Å². The predicted molar refractivity (Wildman–Crippen MR) is 62.3 cm³/mol. The lowest BCUT2D eigenvalue weighted by molar-refractivity contribution is -0.147. The van der Waals surface area contributed by atoms with Crippen LogP contribution in [-0.4, -0.2) is 42.1 Å². The van der Waals surface area contributed by atoms with E-state index < -0.39 is 11.4 Å². The molecular weight excluding hydrogens is 222 g/mol. The van der Waals surface area contributed by atoms with E-state index >= 15 is 0 Å². The highest BCUT2D eigenvalue weighted by molar-refractivity contribution is 5.77. The predicted octanol–water partition coefficient (Wildman–Crippen LogP) is 1.04. The Hall–Kier alpha value is -1.77. The maximum absolute atomic E-state index is 11.5. The number of carbonyl (C=O) groups excluding carboxylic acids is 1. The van der Waals surface area contributed by atoms with Gasteiger partial charge in [-0.2, -0.15) is 5.26 Å². The number of nitriles is 1. The van der Waals surface area contributed by atoms with Gasteiger partial charge in [0.15, 0.2) is 0 Å². The van der Waals surface area contributed by atoms with Crippen LogP contribution in [0, 0.1) is 16.7 Å². The number of hydrogen-bond donors (Lipinski definition) is 2. The summed E-state index contributed by atoms with van der Waals surface area (Å²) in [5.41, 5.74) is -0.953. The summed E-state index contributed by atoms with van der Waals surface area (Å²) in [6.07, 6.45) is 0.693. The standard InChI is InChI=1S/C11H19N3O3/c1-4-11(2,9(15)16)8-13-10(17)14(3)7-5-6-12/h4-5,7-8H2,1-3H3,(H,13,17)(H,15,16). The molecule has 0 aliphatic rings. The quantitative estimate of drug-likeness (QED) is 0.726. The van der Waals surface area contributed by atoms with E-state index in [2.05, 4.69) is 5.32 Å². The first-order valence-electron chi connectivity index (χ1n) is 5.46. The highest BCUT2D eigenvalue weighted by atomic mass is 16.4. The molecule has 6 heteroatoms. The van der Waals surface area contributed by atoms with Gasteiger partial charge in [0.25, 0.3) is 0 Å². The molecule has 0 bridgehead atoms. The lowest BCUT2D eigenvalue weighted by Crippen LogP contribution is -2.45. The van der Waals surface area contributed by atoms with Crippen molar-refractivity contribution < 1.29 is 14.7 Å². The summed E-state index contributed by atoms with van der Waals surface area (Å²) in [6.45, 7) is 3.76. The van der Waals surface area contributed by atoms with Gasteiger partial charge in [0.1, 0.15) is 0 Å². The second-order valence-corrected chi connectivity index (χ2v) is 4.21. The number of nitrogens with one attached hydrogen (secondary N) is 1. The molecule has 0 fully saturated rings. The zero-order valence-electron chi connectivity index (χ0n) is 10.5. The largest absolute Gasteiger partial charge is 0.481 e. The fraction of sp³-hybridized carbons (Fsp3) is 0.727. The van der Waals surface area contributed by atoms with Gasteiger partial charge in [-0.25, -0.2) is 4.79 Å². The van der Waals surface area contributed by atoms with Gasteiger partial charge >= 0.3 is 12.0 Å². The molecule has 0 aliphatic heterocycles. The number of carboxylic acids is 1. The van der Waals surface area contributed by atoms with Crippen molar-refractivity contribution in [2.45, 2.75) is 26.7 Å². The lowest BCUT2D eigenvalue weighted by Gasteiger charge is -2.25. The van der Waals surface area contributed by atoms with Crippen molar-refractivity contribution in [3.8, 4) is 6.07 Å². The summed E-state index contributed by atoms with van der Waals surface area (Å²) >= 11 is 0. The van der Waals surface area contributed by atoms with Gasteiger partial charge < -0.3 is 15.3 Å². The Labute approximate surface area is 101 Å². The van der Waals surface area contributed by atoms with E-state index in [1.807, 2.05) is 6.07 Å². The zero-order chi connectivity index (χ0) is 13.5. The first-order chi connectivity index (χ1) is 7.87. The number of rotatable bonds is 6. The van der Waals surface area contributed by atoms with E-state index in [-0.39, 0.29) is 19.0 Å². The molecule has 6 nitrogen and oxygen atoms in total. The fourth-order valence-corrected chi connectivity index (χ4v) is 1.08. The van der Waals surface area contributed by atoms with Crippen LogP contribution >= 0.6 is 0 Å². The van der Waals surface area contributed by atoms with E-state index in [1.54, 1.807) is 20.9 Å². The minimum Gasteiger partial charge on any atom is -0.481 e. The van der Waals surface area contributed by atoms with Gasteiger partial charge in [0, 0.05) is 20.1 Å². The topological polar surface area (TPSA) is 93.4 Å². The lowest BCUT2D eigenvalue weighted by atomic mass is 9.88. The maximum Gasteiger partial charge on any atom is 0.317 e. The van der Waals surface area contributed by atoms with Crippen LogP contribution in [0.4, 0.5) is 4.79 Å². The third-order valence-corrected chi connectivity index (χ3v) is 2.83. The van der Waals surface area contributed by atoms with Crippen LogP contribution in [0.25, 0.3) is 0 Å². The number of urea groups is 1. The molecular formula is C11H19N3O3. The van der Waals surface area contributed by atoms with Crippen molar-refractivity contribution in [1.29, 1.82) is 5.26 Å². The molecule has 0 aromatic rings. The first-order valence-corrected chi connectivity index (χ1v) is 5.46. The van der Waals surface area contributed by atoms with Crippen LogP contribution in [0.2, 0.25) is 0 Å². The van der Waals surface area contributed by atoms with Gasteiger partial charge in [0.2, 0.25) is 0 Å². The first kappa shape index (κ1) is 15.2. The van der Waals surface area contributed by atoms with E-state index in [0.29, 0.717) is 13.0 Å². The molecule has 0 spiro atoms. The van der Waals surface area contributed by atoms with Gasteiger partial charge in [-0.05, 0) is 13.3 Å². The SMILES string of the molecule is CCC(C)(CNC(=O)N(C)CCC#N)C(=O)O. The molecule has 0 saturated heterocycles. The number of carboxylic acid groups (broad SMARTS) is 1. The molecule has 0 radical (unpaired) electrons. The minimum atomic E-state index is -0.953. The van der Waals surface area contributed by atoms with Crippen LogP contribution < -0.4 is 5.32 Å².